The molecule has 2 heterocycles. The Labute approximate surface area is 134 Å². The third-order valence-corrected chi connectivity index (χ3v) is 4.22. The number of ether oxygens (including phenoxy) is 1. The minimum Gasteiger partial charge on any atom is -0.464 e. The van der Waals surface area contributed by atoms with Gasteiger partial charge in [0.25, 0.3) is 5.91 Å². The summed E-state index contributed by atoms with van der Waals surface area (Å²) in [5.74, 6) is -2.84. The molecule has 0 aliphatic carbocycles. The molecular weight excluding hydrogens is 333 g/mol. The molecule has 1 N–H and O–H groups in total. The number of halogens is 2. The molecule has 1 saturated heterocycles. The molecule has 1 fully saturated rings. The van der Waals surface area contributed by atoms with Gasteiger partial charge >= 0.3 is 5.97 Å². The van der Waals surface area contributed by atoms with Crippen LogP contribution in [0.25, 0.3) is 0 Å². The zero-order valence-corrected chi connectivity index (χ0v) is 12.7. The first-order valence-electron chi connectivity index (χ1n) is 6.20. The van der Waals surface area contributed by atoms with E-state index in [2.05, 4.69) is 15.3 Å². The van der Waals surface area contributed by atoms with E-state index in [1.54, 1.807) is 0 Å². The number of methoxy groups -OCH3 is 1. The molecule has 2 aliphatic heterocycles. The smallest absolute Gasteiger partial charge is 0.355 e. The first-order chi connectivity index (χ1) is 10.5. The summed E-state index contributed by atoms with van der Waals surface area (Å²) in [5, 5.41) is 4.25. The molecule has 22 heavy (non-hydrogen) atoms. The summed E-state index contributed by atoms with van der Waals surface area (Å²) < 4.78 is 4.57. The second-order valence-corrected chi connectivity index (χ2v) is 5.50. The molecular formula is C13H9Cl2N3O4. The summed E-state index contributed by atoms with van der Waals surface area (Å²) in [7, 11) is 1.18. The molecule has 1 aromatic carbocycles. The van der Waals surface area contributed by atoms with E-state index in [4.69, 9.17) is 23.2 Å². The van der Waals surface area contributed by atoms with Crippen molar-refractivity contribution in [1.29, 1.82) is 0 Å². The van der Waals surface area contributed by atoms with Gasteiger partial charge in [0.15, 0.2) is 5.71 Å². The molecule has 2 atom stereocenters. The Morgan fingerprint density at radius 1 is 1.27 bits per heavy atom. The molecule has 3 rings (SSSR count). The van der Waals surface area contributed by atoms with Crippen molar-refractivity contribution in [3.8, 4) is 0 Å². The molecule has 2 amide bonds. The van der Waals surface area contributed by atoms with Crippen molar-refractivity contribution < 1.29 is 19.1 Å². The van der Waals surface area contributed by atoms with Gasteiger partial charge in [0, 0.05) is 0 Å². The number of nitrogens with one attached hydrogen (secondary N) is 1. The van der Waals surface area contributed by atoms with E-state index in [1.807, 2.05) is 0 Å². The largest absolute Gasteiger partial charge is 0.464 e. The lowest BCUT2D eigenvalue weighted by molar-refractivity contribution is -0.133. The van der Waals surface area contributed by atoms with E-state index in [-0.39, 0.29) is 16.4 Å². The lowest BCUT2D eigenvalue weighted by atomic mass is 9.99. The molecule has 0 aromatic heterocycles. The highest BCUT2D eigenvalue weighted by Crippen LogP contribution is 2.33. The van der Waals surface area contributed by atoms with E-state index >= 15 is 0 Å². The van der Waals surface area contributed by atoms with Crippen LogP contribution in [0, 0.1) is 5.92 Å². The maximum atomic E-state index is 12.5. The zero-order valence-electron chi connectivity index (χ0n) is 11.2. The topological polar surface area (TPSA) is 88.1 Å². The molecule has 0 saturated carbocycles. The Morgan fingerprint density at radius 3 is 2.64 bits per heavy atom. The predicted octanol–water partition coefficient (Wildman–Crippen LogP) is 0.984. The molecule has 0 bridgehead atoms. The van der Waals surface area contributed by atoms with E-state index in [1.165, 1.54) is 25.3 Å². The Morgan fingerprint density at radius 2 is 2.00 bits per heavy atom. The van der Waals surface area contributed by atoms with Crippen molar-refractivity contribution in [2.75, 3.05) is 12.0 Å². The van der Waals surface area contributed by atoms with Crippen LogP contribution in [0.2, 0.25) is 10.0 Å². The number of anilines is 1. The number of imide groups is 1. The number of nitrogens with zero attached hydrogens (tertiary/aromatic N) is 2. The standard InChI is InChI=1S/C13H9Cl2N3O4/c1-22-13(21)10-8-9(16-17-10)12(20)18(11(8)19)5-2-3-6(14)7(15)4-5/h2-4,8-9,16H,1H3/t8-,9-/m1/s1. The number of carbonyl (C=O) groups excluding carboxylic acids is 3. The van der Waals surface area contributed by atoms with Crippen LogP contribution < -0.4 is 10.3 Å². The van der Waals surface area contributed by atoms with Gasteiger partial charge < -0.3 is 4.74 Å². The normalized spacial score (nSPS) is 23.2. The van der Waals surface area contributed by atoms with Crippen LogP contribution in [0.5, 0.6) is 0 Å². The number of rotatable bonds is 2. The van der Waals surface area contributed by atoms with Crippen molar-refractivity contribution >= 4 is 52.4 Å². The van der Waals surface area contributed by atoms with Crippen LogP contribution >= 0.6 is 23.2 Å². The van der Waals surface area contributed by atoms with Gasteiger partial charge in [0.1, 0.15) is 12.0 Å². The maximum Gasteiger partial charge on any atom is 0.355 e. The van der Waals surface area contributed by atoms with Crippen molar-refractivity contribution in [3.63, 3.8) is 0 Å². The second-order valence-electron chi connectivity index (χ2n) is 4.68. The van der Waals surface area contributed by atoms with Crippen LogP contribution in [0.15, 0.2) is 23.3 Å². The predicted molar refractivity (Wildman–Crippen MR) is 78.8 cm³/mol. The molecule has 0 radical (unpaired) electrons. The molecule has 0 spiro atoms. The highest BCUT2D eigenvalue weighted by atomic mass is 35.5. The third-order valence-electron chi connectivity index (χ3n) is 3.48. The number of benzene rings is 1. The molecule has 1 aromatic rings. The highest BCUT2D eigenvalue weighted by molar-refractivity contribution is 6.47. The molecule has 114 valence electrons. The lowest BCUT2D eigenvalue weighted by Crippen LogP contribution is -2.36. The summed E-state index contributed by atoms with van der Waals surface area (Å²) >= 11 is 11.7. The third kappa shape index (κ3) is 2.05. The first kappa shape index (κ1) is 14.8. The van der Waals surface area contributed by atoms with Crippen LogP contribution in [-0.4, -0.2) is 36.6 Å². The van der Waals surface area contributed by atoms with Crippen molar-refractivity contribution in [3.05, 3.63) is 28.2 Å². The van der Waals surface area contributed by atoms with Crippen molar-refractivity contribution in [2.24, 2.45) is 11.0 Å². The number of hydrazone groups is 1. The average molecular weight is 342 g/mol. The molecule has 0 unspecified atom stereocenters. The zero-order chi connectivity index (χ0) is 16.0. The molecule has 2 aliphatic rings. The van der Waals surface area contributed by atoms with Gasteiger partial charge in [0.05, 0.1) is 22.8 Å². The van der Waals surface area contributed by atoms with Gasteiger partial charge in [-0.3, -0.25) is 15.0 Å². The van der Waals surface area contributed by atoms with Gasteiger partial charge in [-0.25, -0.2) is 9.69 Å². The average Bonchev–Trinajstić information content (AvgIpc) is 3.03. The Hall–Kier alpha value is -2.12. The number of amides is 2. The Balaban J connectivity index is 1.98. The molecule has 9 heteroatoms. The molecule has 7 nitrogen and oxygen atoms in total. The van der Waals surface area contributed by atoms with Crippen LogP contribution in [0.3, 0.4) is 0 Å². The van der Waals surface area contributed by atoms with Gasteiger partial charge in [-0.2, -0.15) is 5.10 Å². The summed E-state index contributed by atoms with van der Waals surface area (Å²) in [4.78, 5) is 37.5. The van der Waals surface area contributed by atoms with E-state index in [0.29, 0.717) is 5.02 Å². The Bertz CT molecular complexity index is 734. The summed E-state index contributed by atoms with van der Waals surface area (Å²) in [5.41, 5.74) is 2.67. The first-order valence-corrected chi connectivity index (χ1v) is 6.95. The summed E-state index contributed by atoms with van der Waals surface area (Å²) in [6, 6.07) is 3.47. The number of fused-ring (bicyclic) bond motifs is 1. The quantitative estimate of drug-likeness (QED) is 0.640. The fourth-order valence-corrected chi connectivity index (χ4v) is 2.73. The van der Waals surface area contributed by atoms with Gasteiger partial charge in [-0.05, 0) is 18.2 Å². The summed E-state index contributed by atoms with van der Waals surface area (Å²) in [6.07, 6.45) is 0. The summed E-state index contributed by atoms with van der Waals surface area (Å²) in [6.45, 7) is 0. The van der Waals surface area contributed by atoms with Crippen molar-refractivity contribution in [1.82, 2.24) is 5.43 Å². The van der Waals surface area contributed by atoms with Gasteiger partial charge in [-0.15, -0.1) is 0 Å². The minimum atomic E-state index is -1.01. The van der Waals surface area contributed by atoms with Crippen LogP contribution in [-0.2, 0) is 19.1 Å². The second kappa shape index (κ2) is 5.26. The monoisotopic (exact) mass is 341 g/mol. The number of carbonyl (C=O) groups is 3. The fourth-order valence-electron chi connectivity index (χ4n) is 2.44. The van der Waals surface area contributed by atoms with Gasteiger partial charge in [0.2, 0.25) is 5.91 Å². The highest BCUT2D eigenvalue weighted by Gasteiger charge is 2.55. The van der Waals surface area contributed by atoms with Gasteiger partial charge in [-0.1, -0.05) is 23.2 Å². The maximum absolute atomic E-state index is 12.5. The van der Waals surface area contributed by atoms with E-state index in [0.717, 1.165) is 4.90 Å². The van der Waals surface area contributed by atoms with Crippen LogP contribution in [0.4, 0.5) is 5.69 Å². The number of hydrogen-bond donors (Lipinski definition) is 1. The Kier molecular flexibility index (Phi) is 3.54. The fraction of sp³-hybridized carbons (Fsp3) is 0.231. The number of hydrogen-bond acceptors (Lipinski definition) is 6. The lowest BCUT2D eigenvalue weighted by Gasteiger charge is -2.16. The SMILES string of the molecule is COC(=O)C1=NN[C@H]2C(=O)N(c3ccc(Cl)c(Cl)c3)C(=O)[C@@H]12. The number of esters is 1. The minimum absolute atomic E-state index is 0.117. The van der Waals surface area contributed by atoms with E-state index < -0.39 is 29.7 Å². The van der Waals surface area contributed by atoms with Crippen molar-refractivity contribution in [2.45, 2.75) is 6.04 Å². The van der Waals surface area contributed by atoms with Crippen LogP contribution in [0.1, 0.15) is 0 Å². The van der Waals surface area contributed by atoms with E-state index in [9.17, 15) is 14.4 Å².